The van der Waals surface area contributed by atoms with Gasteiger partial charge >= 0.3 is 0 Å². The van der Waals surface area contributed by atoms with E-state index in [1.807, 2.05) is 30.3 Å². The summed E-state index contributed by atoms with van der Waals surface area (Å²) in [7, 11) is 0. The lowest BCUT2D eigenvalue weighted by molar-refractivity contribution is -0.00501. The molecule has 0 spiro atoms. The number of unbranched alkanes of at least 4 members (excludes halogenated alkanes) is 1. The molecule has 0 radical (unpaired) electrons. The van der Waals surface area contributed by atoms with Crippen LogP contribution in [0.1, 0.15) is 56.9 Å². The van der Waals surface area contributed by atoms with Crippen LogP contribution in [0, 0.1) is 11.8 Å². The molecule has 0 bridgehead atoms. The summed E-state index contributed by atoms with van der Waals surface area (Å²) in [4.78, 5) is 0. The van der Waals surface area contributed by atoms with Gasteiger partial charge in [0.1, 0.15) is 0 Å². The fourth-order valence-electron chi connectivity index (χ4n) is 2.65. The maximum absolute atomic E-state index is 10.3. The van der Waals surface area contributed by atoms with Crippen molar-refractivity contribution in [2.24, 2.45) is 0 Å². The van der Waals surface area contributed by atoms with E-state index in [-0.39, 0.29) is 5.60 Å². The van der Waals surface area contributed by atoms with E-state index < -0.39 is 0 Å². The summed E-state index contributed by atoms with van der Waals surface area (Å²) in [5.74, 6) is 6.36. The Bertz CT molecular complexity index is 404. The molecule has 1 saturated carbocycles. The molecule has 1 aromatic carbocycles. The molecule has 1 aliphatic rings. The minimum atomic E-state index is -0.382. The van der Waals surface area contributed by atoms with Crippen molar-refractivity contribution in [3.63, 3.8) is 0 Å². The zero-order chi connectivity index (χ0) is 12.7. The molecule has 1 heteroatoms. The van der Waals surface area contributed by atoms with Gasteiger partial charge in [-0.25, -0.2) is 0 Å². The lowest BCUT2D eigenvalue weighted by Gasteiger charge is -2.31. The largest absolute Gasteiger partial charge is 0.390 e. The Kier molecular flexibility index (Phi) is 4.84. The van der Waals surface area contributed by atoms with Gasteiger partial charge in [-0.05, 0) is 37.8 Å². The molecule has 0 aliphatic heterocycles. The average Bonchev–Trinajstić information content (AvgIpc) is 2.40. The summed E-state index contributed by atoms with van der Waals surface area (Å²) in [6.45, 7) is 0. The van der Waals surface area contributed by atoms with Crippen LogP contribution < -0.4 is 0 Å². The Morgan fingerprint density at radius 3 is 2.50 bits per heavy atom. The molecule has 1 N–H and O–H groups in total. The molecule has 0 amide bonds. The first-order chi connectivity index (χ1) is 8.79. The van der Waals surface area contributed by atoms with Gasteiger partial charge in [-0.2, -0.15) is 0 Å². The standard InChI is InChI=1S/C17H22O/c18-17(14-8-3-9-15-17)13-7-2-6-12-16-10-4-1-5-11-16/h1,4-5,10-11,18H,2-3,7-9,13-15H2. The van der Waals surface area contributed by atoms with Gasteiger partial charge in [0.2, 0.25) is 0 Å². The first-order valence-electron chi connectivity index (χ1n) is 7.05. The van der Waals surface area contributed by atoms with E-state index >= 15 is 0 Å². The third-order valence-corrected chi connectivity index (χ3v) is 3.73. The zero-order valence-electron chi connectivity index (χ0n) is 11.0. The van der Waals surface area contributed by atoms with E-state index in [2.05, 4.69) is 11.8 Å². The molecule has 1 nitrogen and oxygen atoms in total. The molecular formula is C17H22O. The topological polar surface area (TPSA) is 20.2 Å². The number of hydrogen-bond donors (Lipinski definition) is 1. The predicted molar refractivity (Wildman–Crippen MR) is 75.2 cm³/mol. The number of aliphatic hydroxyl groups is 1. The summed E-state index contributed by atoms with van der Waals surface area (Å²) in [5.41, 5.74) is 0.695. The van der Waals surface area contributed by atoms with Crippen LogP contribution in [0.25, 0.3) is 0 Å². The minimum Gasteiger partial charge on any atom is -0.390 e. The molecule has 96 valence electrons. The van der Waals surface area contributed by atoms with Gasteiger partial charge in [0.05, 0.1) is 5.60 Å². The maximum Gasteiger partial charge on any atom is 0.0648 e. The van der Waals surface area contributed by atoms with Crippen LogP contribution in [0.5, 0.6) is 0 Å². The molecule has 1 aliphatic carbocycles. The summed E-state index contributed by atoms with van der Waals surface area (Å²) in [5, 5.41) is 10.3. The summed E-state index contributed by atoms with van der Waals surface area (Å²) in [6, 6.07) is 10.1. The number of benzene rings is 1. The molecule has 18 heavy (non-hydrogen) atoms. The number of hydrogen-bond acceptors (Lipinski definition) is 1. The van der Waals surface area contributed by atoms with Crippen LogP contribution in [0.15, 0.2) is 30.3 Å². The third kappa shape index (κ3) is 4.20. The van der Waals surface area contributed by atoms with Crippen molar-refractivity contribution in [3.05, 3.63) is 35.9 Å². The first-order valence-corrected chi connectivity index (χ1v) is 7.05. The first kappa shape index (κ1) is 13.2. The monoisotopic (exact) mass is 242 g/mol. The van der Waals surface area contributed by atoms with E-state index in [0.29, 0.717) is 0 Å². The van der Waals surface area contributed by atoms with Gasteiger partial charge in [0, 0.05) is 12.0 Å². The highest BCUT2D eigenvalue weighted by Gasteiger charge is 2.27. The molecule has 1 aromatic rings. The van der Waals surface area contributed by atoms with Crippen LogP contribution in [0.2, 0.25) is 0 Å². The fourth-order valence-corrected chi connectivity index (χ4v) is 2.65. The van der Waals surface area contributed by atoms with Crippen LogP contribution in [0.4, 0.5) is 0 Å². The fraction of sp³-hybridized carbons (Fsp3) is 0.529. The second kappa shape index (κ2) is 6.61. The predicted octanol–water partition coefficient (Wildman–Crippen LogP) is 3.90. The van der Waals surface area contributed by atoms with Gasteiger partial charge in [0.15, 0.2) is 0 Å². The van der Waals surface area contributed by atoms with E-state index in [4.69, 9.17) is 0 Å². The molecular weight excluding hydrogens is 220 g/mol. The third-order valence-electron chi connectivity index (χ3n) is 3.73. The van der Waals surface area contributed by atoms with Crippen molar-refractivity contribution in [2.45, 2.75) is 57.0 Å². The van der Waals surface area contributed by atoms with Crippen molar-refractivity contribution >= 4 is 0 Å². The van der Waals surface area contributed by atoms with Crippen molar-refractivity contribution in [1.82, 2.24) is 0 Å². The highest BCUT2D eigenvalue weighted by Crippen LogP contribution is 2.31. The van der Waals surface area contributed by atoms with Gasteiger partial charge in [-0.15, -0.1) is 0 Å². The lowest BCUT2D eigenvalue weighted by atomic mass is 9.81. The Balaban J connectivity index is 1.71. The van der Waals surface area contributed by atoms with E-state index in [1.165, 1.54) is 19.3 Å². The Morgan fingerprint density at radius 1 is 1.06 bits per heavy atom. The van der Waals surface area contributed by atoms with E-state index in [9.17, 15) is 5.11 Å². The van der Waals surface area contributed by atoms with Crippen molar-refractivity contribution in [3.8, 4) is 11.8 Å². The molecule has 0 saturated heterocycles. The Hall–Kier alpha value is -1.26. The van der Waals surface area contributed by atoms with Gasteiger partial charge in [0.25, 0.3) is 0 Å². The van der Waals surface area contributed by atoms with Gasteiger partial charge in [-0.1, -0.05) is 49.3 Å². The highest BCUT2D eigenvalue weighted by atomic mass is 16.3. The maximum atomic E-state index is 10.3. The smallest absolute Gasteiger partial charge is 0.0648 e. The van der Waals surface area contributed by atoms with Crippen LogP contribution in [-0.2, 0) is 0 Å². The van der Waals surface area contributed by atoms with Gasteiger partial charge in [-0.3, -0.25) is 0 Å². The molecule has 0 unspecified atom stereocenters. The van der Waals surface area contributed by atoms with E-state index in [1.54, 1.807) is 0 Å². The summed E-state index contributed by atoms with van der Waals surface area (Å²) >= 11 is 0. The van der Waals surface area contributed by atoms with Crippen molar-refractivity contribution < 1.29 is 5.11 Å². The second-order valence-corrected chi connectivity index (χ2v) is 5.31. The normalized spacial score (nSPS) is 17.8. The molecule has 0 aromatic heterocycles. The molecule has 0 heterocycles. The lowest BCUT2D eigenvalue weighted by Crippen LogP contribution is -2.30. The van der Waals surface area contributed by atoms with Crippen LogP contribution in [-0.4, -0.2) is 10.7 Å². The van der Waals surface area contributed by atoms with Crippen molar-refractivity contribution in [1.29, 1.82) is 0 Å². The second-order valence-electron chi connectivity index (χ2n) is 5.31. The van der Waals surface area contributed by atoms with E-state index in [0.717, 1.165) is 37.7 Å². The van der Waals surface area contributed by atoms with Crippen molar-refractivity contribution in [2.75, 3.05) is 0 Å². The van der Waals surface area contributed by atoms with Crippen LogP contribution >= 0.6 is 0 Å². The quantitative estimate of drug-likeness (QED) is 0.629. The average molecular weight is 242 g/mol. The molecule has 2 rings (SSSR count). The van der Waals surface area contributed by atoms with Gasteiger partial charge < -0.3 is 5.11 Å². The molecule has 0 atom stereocenters. The highest BCUT2D eigenvalue weighted by molar-refractivity contribution is 5.33. The Morgan fingerprint density at radius 2 is 1.78 bits per heavy atom. The SMILES string of the molecule is OC1(CCCC#Cc2ccccc2)CCCCC1. The number of rotatable bonds is 3. The summed E-state index contributed by atoms with van der Waals surface area (Å²) < 4.78 is 0. The molecule has 1 fully saturated rings. The Labute approximate surface area is 110 Å². The van der Waals surface area contributed by atoms with Crippen LogP contribution in [0.3, 0.4) is 0 Å². The summed E-state index contributed by atoms with van der Waals surface area (Å²) in [6.07, 6.45) is 8.44. The minimum absolute atomic E-state index is 0.382. The zero-order valence-corrected chi connectivity index (χ0v) is 11.0.